The first-order valence-electron chi connectivity index (χ1n) is 10.9. The number of rotatable bonds is 9. The van der Waals surface area contributed by atoms with Gasteiger partial charge in [0.15, 0.2) is 0 Å². The summed E-state index contributed by atoms with van der Waals surface area (Å²) in [5, 5.41) is 8.68. The van der Waals surface area contributed by atoms with E-state index < -0.39 is 5.97 Å². The second-order valence-electron chi connectivity index (χ2n) is 7.82. The normalized spacial score (nSPS) is 14.4. The maximum absolute atomic E-state index is 12.9. The van der Waals surface area contributed by atoms with Crippen LogP contribution in [0.5, 0.6) is 11.5 Å². The van der Waals surface area contributed by atoms with E-state index in [1.165, 1.54) is 17.0 Å². The standard InChI is InChI=1S/C27H23NO6S/c1-18-6-12-22(13-7-18)33-15-14-28-25(29)24(35-27(28)32)16-21-4-2-3-5-23(21)34-17-19-8-10-20(11-9-19)26(30)31/h2-13,16H,14-15,17H2,1H3,(H,30,31)/b24-16-. The van der Waals surface area contributed by atoms with E-state index >= 15 is 0 Å². The van der Waals surface area contributed by atoms with Crippen LogP contribution in [0.15, 0.2) is 77.7 Å². The first-order chi connectivity index (χ1) is 16.9. The topological polar surface area (TPSA) is 93.1 Å². The molecular formula is C27H23NO6S. The molecule has 178 valence electrons. The number of amides is 2. The van der Waals surface area contributed by atoms with Gasteiger partial charge >= 0.3 is 5.97 Å². The number of hydrogen-bond donors (Lipinski definition) is 1. The molecule has 1 heterocycles. The number of nitrogens with zero attached hydrogens (tertiary/aromatic N) is 1. The third-order valence-corrected chi connectivity index (χ3v) is 6.19. The number of ether oxygens (including phenoxy) is 2. The fourth-order valence-corrected chi connectivity index (χ4v) is 4.22. The van der Waals surface area contributed by atoms with Crippen LogP contribution in [0.25, 0.3) is 6.08 Å². The van der Waals surface area contributed by atoms with Gasteiger partial charge in [-0.3, -0.25) is 14.5 Å². The fourth-order valence-electron chi connectivity index (χ4n) is 3.36. The molecule has 8 heteroatoms. The first-order valence-corrected chi connectivity index (χ1v) is 11.7. The Morgan fingerprint density at radius 3 is 2.40 bits per heavy atom. The molecule has 7 nitrogen and oxygen atoms in total. The van der Waals surface area contributed by atoms with Gasteiger partial charge in [0.1, 0.15) is 24.7 Å². The number of carboxylic acid groups (broad SMARTS) is 1. The zero-order chi connectivity index (χ0) is 24.8. The second-order valence-corrected chi connectivity index (χ2v) is 8.82. The Morgan fingerprint density at radius 2 is 1.69 bits per heavy atom. The highest BCUT2D eigenvalue weighted by molar-refractivity contribution is 8.18. The van der Waals surface area contributed by atoms with Gasteiger partial charge in [-0.05, 0) is 60.7 Å². The summed E-state index contributed by atoms with van der Waals surface area (Å²) in [6, 6.07) is 21.2. The zero-order valence-corrected chi connectivity index (χ0v) is 19.8. The van der Waals surface area contributed by atoms with Crippen molar-refractivity contribution >= 4 is 35.0 Å². The number of carboxylic acids is 1. The van der Waals surface area contributed by atoms with Gasteiger partial charge in [-0.1, -0.05) is 48.0 Å². The van der Waals surface area contributed by atoms with Gasteiger partial charge in [0.25, 0.3) is 11.1 Å². The van der Waals surface area contributed by atoms with Crippen LogP contribution in [0, 0.1) is 6.92 Å². The Morgan fingerprint density at radius 1 is 0.971 bits per heavy atom. The van der Waals surface area contributed by atoms with Crippen molar-refractivity contribution in [1.82, 2.24) is 4.90 Å². The number of imide groups is 1. The molecule has 1 saturated heterocycles. The Bertz CT molecular complexity index is 1270. The molecule has 2 amide bonds. The molecule has 3 aromatic carbocycles. The molecule has 35 heavy (non-hydrogen) atoms. The number of hydrogen-bond acceptors (Lipinski definition) is 6. The Labute approximate surface area is 207 Å². The number of aryl methyl sites for hydroxylation is 1. The minimum absolute atomic E-state index is 0.153. The van der Waals surface area contributed by atoms with Crippen LogP contribution in [-0.4, -0.2) is 40.3 Å². The van der Waals surface area contributed by atoms with Crippen molar-refractivity contribution in [2.45, 2.75) is 13.5 Å². The number of thioether (sulfide) groups is 1. The van der Waals surface area contributed by atoms with Crippen LogP contribution in [0.3, 0.4) is 0 Å². The quantitative estimate of drug-likeness (QED) is 0.403. The maximum Gasteiger partial charge on any atom is 0.335 e. The molecule has 0 atom stereocenters. The van der Waals surface area contributed by atoms with Crippen molar-refractivity contribution in [3.63, 3.8) is 0 Å². The van der Waals surface area contributed by atoms with E-state index in [0.717, 1.165) is 22.9 Å². The number of benzene rings is 3. The summed E-state index contributed by atoms with van der Waals surface area (Å²) < 4.78 is 11.6. The van der Waals surface area contributed by atoms with Gasteiger partial charge in [-0.15, -0.1) is 0 Å². The maximum atomic E-state index is 12.9. The van der Waals surface area contributed by atoms with Crippen molar-refractivity contribution in [2.75, 3.05) is 13.2 Å². The molecule has 0 bridgehead atoms. The third kappa shape index (κ3) is 6.10. The molecule has 0 radical (unpaired) electrons. The van der Waals surface area contributed by atoms with Crippen molar-refractivity contribution in [2.24, 2.45) is 0 Å². The summed E-state index contributed by atoms with van der Waals surface area (Å²) >= 11 is 0.884. The molecule has 0 spiro atoms. The van der Waals surface area contributed by atoms with Crippen LogP contribution in [0.2, 0.25) is 0 Å². The molecule has 1 N–H and O–H groups in total. The summed E-state index contributed by atoms with van der Waals surface area (Å²) in [7, 11) is 0. The lowest BCUT2D eigenvalue weighted by molar-refractivity contribution is -0.123. The van der Waals surface area contributed by atoms with Gasteiger partial charge < -0.3 is 14.6 Å². The molecule has 0 aliphatic carbocycles. The lowest BCUT2D eigenvalue weighted by Gasteiger charge is -2.13. The smallest absolute Gasteiger partial charge is 0.335 e. The number of carbonyl (C=O) groups is 3. The van der Waals surface area contributed by atoms with E-state index in [-0.39, 0.29) is 36.5 Å². The van der Waals surface area contributed by atoms with Gasteiger partial charge in [0.2, 0.25) is 0 Å². The van der Waals surface area contributed by atoms with Crippen molar-refractivity contribution in [1.29, 1.82) is 0 Å². The second kappa shape index (κ2) is 10.9. The van der Waals surface area contributed by atoms with Gasteiger partial charge in [-0.2, -0.15) is 0 Å². The Hall–Kier alpha value is -4.04. The number of para-hydroxylation sites is 1. The highest BCUT2D eigenvalue weighted by Crippen LogP contribution is 2.34. The van der Waals surface area contributed by atoms with E-state index in [0.29, 0.717) is 22.0 Å². The van der Waals surface area contributed by atoms with E-state index in [4.69, 9.17) is 14.6 Å². The Kier molecular flexibility index (Phi) is 7.52. The van der Waals surface area contributed by atoms with Crippen LogP contribution >= 0.6 is 11.8 Å². The number of carbonyl (C=O) groups excluding carboxylic acids is 2. The summed E-state index contributed by atoms with van der Waals surface area (Å²) in [5.74, 6) is -0.129. The van der Waals surface area contributed by atoms with Gasteiger partial charge in [0.05, 0.1) is 17.0 Å². The average Bonchev–Trinajstić information content (AvgIpc) is 3.12. The van der Waals surface area contributed by atoms with E-state index in [1.54, 1.807) is 30.3 Å². The summed E-state index contributed by atoms with van der Waals surface area (Å²) in [6.45, 7) is 2.57. The molecule has 0 unspecified atom stereocenters. The van der Waals surface area contributed by atoms with E-state index in [2.05, 4.69) is 0 Å². The van der Waals surface area contributed by atoms with Crippen molar-refractivity contribution in [3.8, 4) is 11.5 Å². The van der Waals surface area contributed by atoms with Gasteiger partial charge in [-0.25, -0.2) is 4.79 Å². The highest BCUT2D eigenvalue weighted by atomic mass is 32.2. The first kappa shape index (κ1) is 24.1. The zero-order valence-electron chi connectivity index (χ0n) is 19.0. The molecule has 4 rings (SSSR count). The fraction of sp³-hybridized carbons (Fsp3) is 0.148. The minimum Gasteiger partial charge on any atom is -0.492 e. The largest absolute Gasteiger partial charge is 0.492 e. The predicted molar refractivity (Wildman–Crippen MR) is 134 cm³/mol. The Balaban J connectivity index is 1.39. The summed E-state index contributed by atoms with van der Waals surface area (Å²) in [4.78, 5) is 37.8. The lowest BCUT2D eigenvalue weighted by atomic mass is 10.1. The molecule has 0 saturated carbocycles. The highest BCUT2D eigenvalue weighted by Gasteiger charge is 2.35. The van der Waals surface area contributed by atoms with Crippen LogP contribution in [-0.2, 0) is 11.4 Å². The SMILES string of the molecule is Cc1ccc(OCCN2C(=O)S/C(=C\c3ccccc3OCc3ccc(C(=O)O)cc3)C2=O)cc1. The van der Waals surface area contributed by atoms with Crippen LogP contribution in [0.1, 0.15) is 27.0 Å². The predicted octanol–water partition coefficient (Wildman–Crippen LogP) is 5.39. The molecule has 1 aliphatic heterocycles. The summed E-state index contributed by atoms with van der Waals surface area (Å²) in [6.07, 6.45) is 1.65. The minimum atomic E-state index is -0.988. The lowest BCUT2D eigenvalue weighted by Crippen LogP contribution is -2.32. The monoisotopic (exact) mass is 489 g/mol. The molecule has 1 fully saturated rings. The van der Waals surface area contributed by atoms with Crippen LogP contribution in [0.4, 0.5) is 4.79 Å². The molecular weight excluding hydrogens is 466 g/mol. The number of aromatic carboxylic acids is 1. The molecule has 0 aromatic heterocycles. The third-order valence-electron chi connectivity index (χ3n) is 5.28. The van der Waals surface area contributed by atoms with Crippen molar-refractivity contribution in [3.05, 3.63) is 100.0 Å². The summed E-state index contributed by atoms with van der Waals surface area (Å²) in [5.41, 5.74) is 2.79. The van der Waals surface area contributed by atoms with E-state index in [1.807, 2.05) is 43.3 Å². The molecule has 1 aliphatic rings. The average molecular weight is 490 g/mol. The van der Waals surface area contributed by atoms with E-state index in [9.17, 15) is 14.4 Å². The van der Waals surface area contributed by atoms with Crippen LogP contribution < -0.4 is 9.47 Å². The van der Waals surface area contributed by atoms with Crippen molar-refractivity contribution < 1.29 is 29.0 Å². The van der Waals surface area contributed by atoms with Gasteiger partial charge in [0, 0.05) is 5.56 Å². The molecule has 3 aromatic rings.